The maximum absolute atomic E-state index is 14.1. The van der Waals surface area contributed by atoms with Crippen molar-refractivity contribution in [2.24, 2.45) is 5.14 Å². The van der Waals surface area contributed by atoms with E-state index in [1.165, 1.54) is 11.0 Å². The van der Waals surface area contributed by atoms with E-state index in [0.29, 0.717) is 10.6 Å². The van der Waals surface area contributed by atoms with Gasteiger partial charge < -0.3 is 15.0 Å². The first kappa shape index (κ1) is 21.3. The second-order valence-electron chi connectivity index (χ2n) is 6.57. The fourth-order valence-corrected chi connectivity index (χ4v) is 3.62. The van der Waals surface area contributed by atoms with Gasteiger partial charge in [0.2, 0.25) is 11.7 Å². The van der Waals surface area contributed by atoms with Gasteiger partial charge in [0, 0.05) is 30.0 Å². The zero-order chi connectivity index (χ0) is 21.2. The van der Waals surface area contributed by atoms with Gasteiger partial charge in [0.1, 0.15) is 6.04 Å². The van der Waals surface area contributed by atoms with Crippen LogP contribution in [0.15, 0.2) is 41.3 Å². The molecule has 0 aliphatic carbocycles. The number of nitrogens with two attached hydrogens (primary N) is 1. The molecule has 1 atom stereocenters. The third-order valence-corrected chi connectivity index (χ3v) is 5.20. The Labute approximate surface area is 169 Å². The van der Waals surface area contributed by atoms with E-state index < -0.39 is 48.1 Å². The SMILES string of the molecule is COc1c(N2CCC(F)(F)CC2C(=O)Nc2cccc(SN)c2)ccc(F)c1F. The Kier molecular flexibility index (Phi) is 6.23. The molecule has 1 aliphatic rings. The number of carbonyl (C=O) groups excluding carboxylic acids is 1. The van der Waals surface area contributed by atoms with Crippen molar-refractivity contribution >= 4 is 29.2 Å². The van der Waals surface area contributed by atoms with Crippen LogP contribution >= 0.6 is 11.9 Å². The van der Waals surface area contributed by atoms with Gasteiger partial charge in [-0.2, -0.15) is 4.39 Å². The Morgan fingerprint density at radius 3 is 2.76 bits per heavy atom. The maximum atomic E-state index is 14.1. The van der Waals surface area contributed by atoms with Crippen molar-refractivity contribution in [2.75, 3.05) is 23.9 Å². The molecule has 1 aliphatic heterocycles. The summed E-state index contributed by atoms with van der Waals surface area (Å²) in [6.45, 7) is -0.231. The fourth-order valence-electron chi connectivity index (χ4n) is 3.27. The highest BCUT2D eigenvalue weighted by Gasteiger charge is 2.44. The number of nitrogens with one attached hydrogen (secondary N) is 1. The van der Waals surface area contributed by atoms with Crippen molar-refractivity contribution in [3.05, 3.63) is 48.0 Å². The predicted octanol–water partition coefficient (Wildman–Crippen LogP) is 4.18. The van der Waals surface area contributed by atoms with Gasteiger partial charge >= 0.3 is 0 Å². The van der Waals surface area contributed by atoms with Crippen molar-refractivity contribution in [3.63, 3.8) is 0 Å². The van der Waals surface area contributed by atoms with Crippen LogP contribution in [0.4, 0.5) is 28.9 Å². The number of benzene rings is 2. The van der Waals surface area contributed by atoms with Crippen LogP contribution in [-0.4, -0.2) is 31.5 Å². The lowest BCUT2D eigenvalue weighted by Crippen LogP contribution is -2.53. The molecular formula is C19H19F4N3O2S. The topological polar surface area (TPSA) is 67.6 Å². The molecule has 1 unspecified atom stereocenters. The molecule has 1 fully saturated rings. The molecule has 3 N–H and O–H groups in total. The molecule has 5 nitrogen and oxygen atoms in total. The number of hydrogen-bond acceptors (Lipinski definition) is 5. The Morgan fingerprint density at radius 1 is 1.31 bits per heavy atom. The number of halogens is 4. The van der Waals surface area contributed by atoms with Gasteiger partial charge in [-0.05, 0) is 42.3 Å². The molecule has 10 heteroatoms. The van der Waals surface area contributed by atoms with E-state index in [9.17, 15) is 22.4 Å². The highest BCUT2D eigenvalue weighted by Crippen LogP contribution is 2.40. The van der Waals surface area contributed by atoms with Crippen molar-refractivity contribution in [1.29, 1.82) is 0 Å². The first-order valence-corrected chi connectivity index (χ1v) is 9.58. The standard InChI is InChI=1S/C19H19F4N3O2S/c1-28-17-14(6-5-13(20)16(17)21)26-8-7-19(22,23)10-15(26)18(27)25-11-3-2-4-12(9-11)29-24/h2-6,9,15H,7-8,10,24H2,1H3,(H,25,27). The molecule has 0 spiro atoms. The van der Waals surface area contributed by atoms with Crippen LogP contribution < -0.4 is 20.1 Å². The van der Waals surface area contributed by atoms with Gasteiger partial charge in [0.05, 0.1) is 12.8 Å². The lowest BCUT2D eigenvalue weighted by molar-refractivity contribution is -0.121. The van der Waals surface area contributed by atoms with E-state index in [1.807, 2.05) is 0 Å². The first-order chi connectivity index (χ1) is 13.8. The zero-order valence-corrected chi connectivity index (χ0v) is 16.2. The normalized spacial score (nSPS) is 18.4. The van der Waals surface area contributed by atoms with E-state index in [2.05, 4.69) is 5.32 Å². The number of methoxy groups -OCH3 is 1. The van der Waals surface area contributed by atoms with Gasteiger partial charge in [-0.15, -0.1) is 0 Å². The third kappa shape index (κ3) is 4.59. The average Bonchev–Trinajstić information content (AvgIpc) is 2.69. The van der Waals surface area contributed by atoms with E-state index in [0.717, 1.165) is 25.1 Å². The van der Waals surface area contributed by atoms with Gasteiger partial charge in [0.25, 0.3) is 5.92 Å². The number of amides is 1. The number of hydrogen-bond donors (Lipinski definition) is 2. The van der Waals surface area contributed by atoms with Crippen LogP contribution in [0.3, 0.4) is 0 Å². The minimum Gasteiger partial charge on any atom is -0.491 e. The lowest BCUT2D eigenvalue weighted by Gasteiger charge is -2.40. The summed E-state index contributed by atoms with van der Waals surface area (Å²) in [5.41, 5.74) is 0.421. The molecule has 1 amide bonds. The number of nitrogens with zero attached hydrogens (tertiary/aromatic N) is 1. The van der Waals surface area contributed by atoms with Crippen molar-refractivity contribution in [1.82, 2.24) is 0 Å². The molecule has 0 bridgehead atoms. The largest absolute Gasteiger partial charge is 0.491 e. The molecule has 1 heterocycles. The third-order valence-electron chi connectivity index (χ3n) is 4.67. The van der Waals surface area contributed by atoms with Gasteiger partial charge in [-0.3, -0.25) is 9.93 Å². The quantitative estimate of drug-likeness (QED) is 0.551. The van der Waals surface area contributed by atoms with E-state index in [1.54, 1.807) is 24.3 Å². The van der Waals surface area contributed by atoms with Crippen LogP contribution in [0.5, 0.6) is 5.75 Å². The van der Waals surface area contributed by atoms with Crippen LogP contribution in [0, 0.1) is 11.6 Å². The smallest absolute Gasteiger partial charge is 0.252 e. The summed E-state index contributed by atoms with van der Waals surface area (Å²) in [6, 6.07) is 7.37. The summed E-state index contributed by atoms with van der Waals surface area (Å²) >= 11 is 0.975. The number of carbonyl (C=O) groups is 1. The molecule has 0 aromatic heterocycles. The number of ether oxygens (including phenoxy) is 1. The Bertz CT molecular complexity index is 913. The Morgan fingerprint density at radius 2 is 2.07 bits per heavy atom. The molecule has 0 radical (unpaired) electrons. The number of anilines is 2. The monoisotopic (exact) mass is 429 g/mol. The predicted molar refractivity (Wildman–Crippen MR) is 103 cm³/mol. The number of alkyl halides is 2. The van der Waals surface area contributed by atoms with E-state index in [4.69, 9.17) is 9.88 Å². The van der Waals surface area contributed by atoms with Crippen molar-refractivity contribution < 1.29 is 27.1 Å². The minimum atomic E-state index is -3.07. The minimum absolute atomic E-state index is 0.0355. The fraction of sp³-hybridized carbons (Fsp3) is 0.316. The average molecular weight is 429 g/mol. The molecule has 29 heavy (non-hydrogen) atoms. The lowest BCUT2D eigenvalue weighted by atomic mass is 9.96. The summed E-state index contributed by atoms with van der Waals surface area (Å²) in [6.07, 6.45) is -1.30. The molecule has 0 saturated carbocycles. The zero-order valence-electron chi connectivity index (χ0n) is 15.4. The number of piperidine rings is 1. The summed E-state index contributed by atoms with van der Waals surface area (Å²) in [5.74, 6) is -6.58. The highest BCUT2D eigenvalue weighted by molar-refractivity contribution is 7.97. The summed E-state index contributed by atoms with van der Waals surface area (Å²) in [7, 11) is 1.14. The van der Waals surface area contributed by atoms with Crippen LogP contribution in [-0.2, 0) is 4.79 Å². The second kappa shape index (κ2) is 8.50. The first-order valence-electron chi connectivity index (χ1n) is 8.70. The molecule has 156 valence electrons. The van der Waals surface area contributed by atoms with Crippen LogP contribution in [0.25, 0.3) is 0 Å². The molecule has 2 aromatic rings. The highest BCUT2D eigenvalue weighted by atomic mass is 32.2. The van der Waals surface area contributed by atoms with Crippen LogP contribution in [0.1, 0.15) is 12.8 Å². The Balaban J connectivity index is 1.94. The molecule has 3 rings (SSSR count). The van der Waals surface area contributed by atoms with Crippen molar-refractivity contribution in [2.45, 2.75) is 29.7 Å². The Hall–Kier alpha value is -2.46. The van der Waals surface area contributed by atoms with Crippen LogP contribution in [0.2, 0.25) is 0 Å². The molecule has 2 aromatic carbocycles. The van der Waals surface area contributed by atoms with Gasteiger partial charge in [0.15, 0.2) is 11.6 Å². The summed E-state index contributed by atoms with van der Waals surface area (Å²) in [4.78, 5) is 14.8. The number of rotatable bonds is 5. The van der Waals surface area contributed by atoms with Crippen molar-refractivity contribution in [3.8, 4) is 5.75 Å². The molecule has 1 saturated heterocycles. The second-order valence-corrected chi connectivity index (χ2v) is 7.28. The summed E-state index contributed by atoms with van der Waals surface area (Å²) < 4.78 is 60.8. The van der Waals surface area contributed by atoms with E-state index in [-0.39, 0.29) is 12.2 Å². The van der Waals surface area contributed by atoms with Gasteiger partial charge in [-0.1, -0.05) is 6.07 Å². The molecular weight excluding hydrogens is 410 g/mol. The maximum Gasteiger partial charge on any atom is 0.252 e. The van der Waals surface area contributed by atoms with Gasteiger partial charge in [-0.25, -0.2) is 13.2 Å². The summed E-state index contributed by atoms with van der Waals surface area (Å²) in [5, 5.41) is 8.10. The van der Waals surface area contributed by atoms with E-state index >= 15 is 0 Å².